The van der Waals surface area contributed by atoms with Gasteiger partial charge < -0.3 is 14.9 Å². The van der Waals surface area contributed by atoms with E-state index in [0.717, 1.165) is 15.4 Å². The summed E-state index contributed by atoms with van der Waals surface area (Å²) in [6, 6.07) is 10.8. The van der Waals surface area contributed by atoms with Gasteiger partial charge in [0.15, 0.2) is 0 Å². The summed E-state index contributed by atoms with van der Waals surface area (Å²) in [5, 5.41) is 19.2. The third-order valence-electron chi connectivity index (χ3n) is 5.12. The van der Waals surface area contributed by atoms with Crippen molar-refractivity contribution in [2.45, 2.75) is 50.3 Å². The monoisotopic (exact) mass is 419 g/mol. The maximum atomic E-state index is 12.9. The number of ether oxygens (including phenoxy) is 1. The average Bonchev–Trinajstić information content (AvgIpc) is 2.67. The number of carboxylic acids is 1. The minimum Gasteiger partial charge on any atom is -0.489 e. The molecule has 0 amide bonds. The lowest BCUT2D eigenvalue weighted by Gasteiger charge is -2.34. The quantitative estimate of drug-likeness (QED) is 0.746. The first-order chi connectivity index (χ1) is 13.7. The van der Waals surface area contributed by atoms with Gasteiger partial charge in [-0.3, -0.25) is 4.79 Å². The minimum absolute atomic E-state index is 0.0308. The summed E-state index contributed by atoms with van der Waals surface area (Å²) in [6.45, 7) is 4.15. The van der Waals surface area contributed by atoms with Gasteiger partial charge in [0.25, 0.3) is 0 Å². The zero-order valence-electron chi connectivity index (χ0n) is 16.4. The van der Waals surface area contributed by atoms with Crippen LogP contribution in [0.2, 0.25) is 0 Å². The highest BCUT2D eigenvalue weighted by Crippen LogP contribution is 2.27. The van der Waals surface area contributed by atoms with E-state index in [2.05, 4.69) is 6.07 Å². The van der Waals surface area contributed by atoms with Gasteiger partial charge in [0.1, 0.15) is 18.4 Å². The number of β-amino-alcohol motifs (C(OH)–C–C–N with tert-alkyl or cyclic N) is 1. The number of nitrogens with zero attached hydrogens (tertiary/aromatic N) is 1. The first-order valence-electron chi connectivity index (χ1n) is 9.40. The molecule has 1 aliphatic rings. The number of aryl methyl sites for hydroxylation is 2. The van der Waals surface area contributed by atoms with E-state index < -0.39 is 28.1 Å². The van der Waals surface area contributed by atoms with Crippen molar-refractivity contribution in [3.05, 3.63) is 59.2 Å². The number of benzene rings is 2. The summed E-state index contributed by atoms with van der Waals surface area (Å²) in [5.74, 6) is -0.703. The Morgan fingerprint density at radius 1 is 1.14 bits per heavy atom. The van der Waals surface area contributed by atoms with E-state index in [1.54, 1.807) is 12.1 Å². The molecule has 0 saturated carbocycles. The van der Waals surface area contributed by atoms with Crippen molar-refractivity contribution in [3.63, 3.8) is 0 Å². The minimum atomic E-state index is -4.05. The Kier molecular flexibility index (Phi) is 6.26. The van der Waals surface area contributed by atoms with Crippen molar-refractivity contribution >= 4 is 16.0 Å². The largest absolute Gasteiger partial charge is 0.489 e. The van der Waals surface area contributed by atoms with Crippen molar-refractivity contribution in [1.82, 2.24) is 4.31 Å². The fraction of sp³-hybridized carbons (Fsp3) is 0.381. The van der Waals surface area contributed by atoms with Gasteiger partial charge in [-0.05, 0) is 62.1 Å². The molecule has 0 spiro atoms. The predicted octanol–water partition coefficient (Wildman–Crippen LogP) is 2.48. The third-order valence-corrected chi connectivity index (χ3v) is 7.01. The number of sulfonamides is 1. The highest BCUT2D eigenvalue weighted by molar-refractivity contribution is 7.89. The van der Waals surface area contributed by atoms with Gasteiger partial charge in [0.05, 0.1) is 11.0 Å². The molecule has 1 saturated heterocycles. The maximum Gasteiger partial charge on any atom is 0.322 e. The van der Waals surface area contributed by atoms with Crippen LogP contribution in [0.5, 0.6) is 5.75 Å². The number of hydrogen-bond donors (Lipinski definition) is 2. The molecule has 1 heterocycles. The van der Waals surface area contributed by atoms with Crippen LogP contribution in [0.4, 0.5) is 0 Å². The van der Waals surface area contributed by atoms with E-state index in [1.807, 2.05) is 26.0 Å². The van der Waals surface area contributed by atoms with Crippen LogP contribution >= 0.6 is 0 Å². The van der Waals surface area contributed by atoms with Crippen LogP contribution in [-0.2, 0) is 21.4 Å². The van der Waals surface area contributed by atoms with Gasteiger partial charge in [-0.1, -0.05) is 23.8 Å². The standard InChI is InChI=1S/C21H25NO6S/c1-14-3-4-16(15(2)11-14)13-28-18-6-8-19(9-7-18)29(26,27)22-12-17(23)5-10-20(22)21(24)25/h3-4,6-9,11,17,20,23H,5,10,12-13H2,1-2H3,(H,24,25). The number of carboxylic acid groups (broad SMARTS) is 1. The van der Waals surface area contributed by atoms with Crippen LogP contribution in [-0.4, -0.2) is 47.6 Å². The number of rotatable bonds is 6. The molecule has 156 valence electrons. The van der Waals surface area contributed by atoms with Gasteiger partial charge >= 0.3 is 5.97 Å². The fourth-order valence-corrected chi connectivity index (χ4v) is 5.09. The van der Waals surface area contributed by atoms with E-state index in [9.17, 15) is 23.4 Å². The molecule has 2 unspecified atom stereocenters. The average molecular weight is 419 g/mol. The van der Waals surface area contributed by atoms with Crippen LogP contribution in [0.25, 0.3) is 0 Å². The number of aliphatic carboxylic acids is 1. The molecule has 0 aliphatic carbocycles. The van der Waals surface area contributed by atoms with Crippen LogP contribution in [0.15, 0.2) is 47.4 Å². The molecule has 0 bridgehead atoms. The lowest BCUT2D eigenvalue weighted by Crippen LogP contribution is -2.51. The van der Waals surface area contributed by atoms with Gasteiger partial charge in [-0.2, -0.15) is 4.31 Å². The molecule has 8 heteroatoms. The Balaban J connectivity index is 1.75. The summed E-state index contributed by atoms with van der Waals surface area (Å²) in [4.78, 5) is 11.4. The third kappa shape index (κ3) is 4.77. The fourth-order valence-electron chi connectivity index (χ4n) is 3.44. The van der Waals surface area contributed by atoms with Crippen LogP contribution in [0.3, 0.4) is 0 Å². The first-order valence-corrected chi connectivity index (χ1v) is 10.8. The molecule has 2 atom stereocenters. The molecule has 1 aliphatic heterocycles. The lowest BCUT2D eigenvalue weighted by molar-refractivity contribution is -0.143. The molecule has 2 aromatic rings. The maximum absolute atomic E-state index is 12.9. The van der Waals surface area contributed by atoms with Crippen LogP contribution in [0, 0.1) is 13.8 Å². The van der Waals surface area contributed by atoms with Crippen LogP contribution in [0.1, 0.15) is 29.5 Å². The predicted molar refractivity (Wildman–Crippen MR) is 107 cm³/mol. The Morgan fingerprint density at radius 2 is 1.83 bits per heavy atom. The second kappa shape index (κ2) is 8.52. The molecule has 3 rings (SSSR count). The number of aliphatic hydroxyl groups excluding tert-OH is 1. The van der Waals surface area contributed by atoms with Gasteiger partial charge in [0.2, 0.25) is 10.0 Å². The number of carbonyl (C=O) groups is 1. The van der Waals surface area contributed by atoms with Crippen molar-refractivity contribution < 1.29 is 28.2 Å². The van der Waals surface area contributed by atoms with Gasteiger partial charge in [-0.25, -0.2) is 8.42 Å². The molecule has 0 aromatic heterocycles. The zero-order valence-corrected chi connectivity index (χ0v) is 17.2. The molecule has 2 aromatic carbocycles. The Labute approximate surface area is 170 Å². The summed E-state index contributed by atoms with van der Waals surface area (Å²) in [6.07, 6.45) is -0.540. The normalized spacial score (nSPS) is 20.4. The smallest absolute Gasteiger partial charge is 0.322 e. The van der Waals surface area contributed by atoms with Crippen molar-refractivity contribution in [2.75, 3.05) is 6.54 Å². The second-order valence-corrected chi connectivity index (χ2v) is 9.24. The Hall–Kier alpha value is -2.42. The van der Waals surface area contributed by atoms with E-state index in [-0.39, 0.29) is 24.3 Å². The van der Waals surface area contributed by atoms with Gasteiger partial charge in [0, 0.05) is 6.54 Å². The molecular weight excluding hydrogens is 394 g/mol. The van der Waals surface area contributed by atoms with E-state index >= 15 is 0 Å². The summed E-state index contributed by atoms with van der Waals surface area (Å²) in [5.41, 5.74) is 3.33. The number of piperidine rings is 1. The van der Waals surface area contributed by atoms with Gasteiger partial charge in [-0.15, -0.1) is 0 Å². The summed E-state index contributed by atoms with van der Waals surface area (Å²) >= 11 is 0. The number of aliphatic hydroxyl groups is 1. The molecule has 29 heavy (non-hydrogen) atoms. The first kappa shape index (κ1) is 21.3. The van der Waals surface area contributed by atoms with E-state index in [1.165, 1.54) is 17.7 Å². The molecule has 1 fully saturated rings. The SMILES string of the molecule is Cc1ccc(COc2ccc(S(=O)(=O)N3CC(O)CCC3C(=O)O)cc2)c(C)c1. The van der Waals surface area contributed by atoms with Crippen molar-refractivity contribution in [3.8, 4) is 5.75 Å². The van der Waals surface area contributed by atoms with Crippen molar-refractivity contribution in [1.29, 1.82) is 0 Å². The highest BCUT2D eigenvalue weighted by atomic mass is 32.2. The lowest BCUT2D eigenvalue weighted by atomic mass is 10.0. The Bertz CT molecular complexity index is 987. The topological polar surface area (TPSA) is 104 Å². The summed E-state index contributed by atoms with van der Waals surface area (Å²) in [7, 11) is -4.05. The number of hydrogen-bond acceptors (Lipinski definition) is 5. The highest BCUT2D eigenvalue weighted by Gasteiger charge is 2.40. The Morgan fingerprint density at radius 3 is 2.45 bits per heavy atom. The summed E-state index contributed by atoms with van der Waals surface area (Å²) < 4.78 is 32.5. The zero-order chi connectivity index (χ0) is 21.2. The molecule has 2 N–H and O–H groups in total. The van der Waals surface area contributed by atoms with Crippen molar-refractivity contribution in [2.24, 2.45) is 0 Å². The van der Waals surface area contributed by atoms with E-state index in [4.69, 9.17) is 4.74 Å². The second-order valence-electron chi connectivity index (χ2n) is 7.35. The molecular formula is C21H25NO6S. The van der Waals surface area contributed by atoms with Crippen LogP contribution < -0.4 is 4.74 Å². The van der Waals surface area contributed by atoms with E-state index in [0.29, 0.717) is 12.4 Å². The molecule has 7 nitrogen and oxygen atoms in total. The molecule has 0 radical (unpaired) electrons.